The highest BCUT2D eigenvalue weighted by Gasteiger charge is 2.16. The van der Waals surface area contributed by atoms with Gasteiger partial charge in [0.2, 0.25) is 0 Å². The Morgan fingerprint density at radius 3 is 2.79 bits per heavy atom. The van der Waals surface area contributed by atoms with Gasteiger partial charge in [0, 0.05) is 10.4 Å². The summed E-state index contributed by atoms with van der Waals surface area (Å²) in [5.41, 5.74) is 1.42. The summed E-state index contributed by atoms with van der Waals surface area (Å²) in [7, 11) is 0. The molecular weight excluding hydrogens is 236 g/mol. The second-order valence-electron chi connectivity index (χ2n) is 3.62. The molecule has 0 N–H and O–H groups in total. The normalized spacial score (nSPS) is 22.5. The Morgan fingerprint density at radius 2 is 1.86 bits per heavy atom. The Bertz CT molecular complexity index is 561. The van der Waals surface area contributed by atoms with E-state index in [1.165, 1.54) is 20.5 Å². The predicted octanol–water partition coefficient (Wildman–Crippen LogP) is 2.10. The first-order chi connectivity index (χ1) is 6.84. The number of benzene rings is 1. The van der Waals surface area contributed by atoms with E-state index in [2.05, 4.69) is 64.5 Å². The van der Waals surface area contributed by atoms with E-state index < -0.39 is 0 Å². The molecule has 0 heterocycles. The minimum atomic E-state index is 0.465. The van der Waals surface area contributed by atoms with E-state index >= 15 is 0 Å². The average Bonchev–Trinajstić information content (AvgIpc) is 2.54. The minimum absolute atomic E-state index is 0.465. The van der Waals surface area contributed by atoms with Crippen molar-refractivity contribution < 1.29 is 0 Å². The lowest BCUT2D eigenvalue weighted by Crippen LogP contribution is -2.21. The maximum atomic E-state index is 3.51. The van der Waals surface area contributed by atoms with Crippen LogP contribution in [0.5, 0.6) is 0 Å². The van der Waals surface area contributed by atoms with Crippen LogP contribution in [0.15, 0.2) is 47.0 Å². The third-order valence-corrected chi connectivity index (χ3v) is 3.28. The number of rotatable bonds is 0. The van der Waals surface area contributed by atoms with Gasteiger partial charge in [0.05, 0.1) is 0 Å². The van der Waals surface area contributed by atoms with Crippen LogP contribution < -0.4 is 10.4 Å². The van der Waals surface area contributed by atoms with Gasteiger partial charge in [-0.25, -0.2) is 0 Å². The lowest BCUT2D eigenvalue weighted by Gasteiger charge is -2.10. The summed E-state index contributed by atoms with van der Waals surface area (Å²) in [5.74, 6) is 0.465. The van der Waals surface area contributed by atoms with Gasteiger partial charge in [0.1, 0.15) is 0 Å². The number of fused-ring (bicyclic) bond motifs is 2. The summed E-state index contributed by atoms with van der Waals surface area (Å²) in [6, 6.07) is 8.56. The Kier molecular flexibility index (Phi) is 1.74. The van der Waals surface area contributed by atoms with Gasteiger partial charge in [-0.2, -0.15) is 0 Å². The van der Waals surface area contributed by atoms with Gasteiger partial charge in [0.15, 0.2) is 0 Å². The van der Waals surface area contributed by atoms with E-state index in [9.17, 15) is 0 Å². The average molecular weight is 245 g/mol. The molecule has 0 fully saturated rings. The second-order valence-corrected chi connectivity index (χ2v) is 4.54. The summed E-state index contributed by atoms with van der Waals surface area (Å²) in [6.45, 7) is 0. The van der Waals surface area contributed by atoms with Gasteiger partial charge in [-0.3, -0.25) is 0 Å². The number of hydrogen-bond donors (Lipinski definition) is 0. The number of allylic oxidation sites excluding steroid dienone is 4. The second kappa shape index (κ2) is 2.96. The van der Waals surface area contributed by atoms with Crippen LogP contribution in [0.3, 0.4) is 0 Å². The van der Waals surface area contributed by atoms with Crippen molar-refractivity contribution >= 4 is 27.6 Å². The largest absolute Gasteiger partial charge is 0.0653 e. The van der Waals surface area contributed by atoms with Crippen LogP contribution in [0.2, 0.25) is 0 Å². The smallest absolute Gasteiger partial charge is 0.0227 e. The van der Waals surface area contributed by atoms with Crippen LogP contribution in [0.25, 0.3) is 11.6 Å². The summed E-state index contributed by atoms with van der Waals surface area (Å²) >= 11 is 3.51. The van der Waals surface area contributed by atoms with E-state index in [1.807, 2.05) is 0 Å². The molecule has 1 aromatic carbocycles. The lowest BCUT2D eigenvalue weighted by atomic mass is 9.97. The van der Waals surface area contributed by atoms with Gasteiger partial charge in [-0.15, -0.1) is 0 Å². The number of hydrogen-bond acceptors (Lipinski definition) is 0. The van der Waals surface area contributed by atoms with Gasteiger partial charge >= 0.3 is 0 Å². The van der Waals surface area contributed by atoms with E-state index in [4.69, 9.17) is 0 Å². The highest BCUT2D eigenvalue weighted by atomic mass is 79.9. The zero-order chi connectivity index (χ0) is 9.54. The molecule has 0 saturated heterocycles. The van der Waals surface area contributed by atoms with Crippen LogP contribution in [-0.2, 0) is 0 Å². The molecule has 1 atom stereocenters. The van der Waals surface area contributed by atoms with E-state index in [-0.39, 0.29) is 0 Å². The fourth-order valence-corrected chi connectivity index (χ4v) is 2.52. The van der Waals surface area contributed by atoms with Gasteiger partial charge < -0.3 is 0 Å². The molecule has 2 aliphatic rings. The van der Waals surface area contributed by atoms with Crippen LogP contribution >= 0.6 is 15.9 Å². The minimum Gasteiger partial charge on any atom is -0.0653 e. The molecule has 3 rings (SSSR count). The molecule has 0 spiro atoms. The van der Waals surface area contributed by atoms with Crippen LogP contribution in [0, 0.1) is 5.92 Å². The first-order valence-corrected chi connectivity index (χ1v) is 5.50. The third kappa shape index (κ3) is 1.12. The van der Waals surface area contributed by atoms with Gasteiger partial charge in [0.25, 0.3) is 0 Å². The molecule has 68 valence electrons. The predicted molar refractivity (Wildman–Crippen MR) is 63.2 cm³/mol. The quantitative estimate of drug-likeness (QED) is 0.656. The summed E-state index contributed by atoms with van der Waals surface area (Å²) < 4.78 is 1.18. The molecule has 0 radical (unpaired) electrons. The lowest BCUT2D eigenvalue weighted by molar-refractivity contribution is 1.17. The van der Waals surface area contributed by atoms with Crippen molar-refractivity contribution in [1.29, 1.82) is 0 Å². The van der Waals surface area contributed by atoms with Crippen molar-refractivity contribution in [3.63, 3.8) is 0 Å². The molecule has 14 heavy (non-hydrogen) atoms. The fourth-order valence-electron chi connectivity index (χ4n) is 2.10. The maximum Gasteiger partial charge on any atom is 0.0227 e. The van der Waals surface area contributed by atoms with E-state index in [0.29, 0.717) is 5.92 Å². The van der Waals surface area contributed by atoms with E-state index in [0.717, 1.165) is 0 Å². The van der Waals surface area contributed by atoms with Crippen molar-refractivity contribution in [1.82, 2.24) is 0 Å². The SMILES string of the molecule is BrC1=C[C@H]2C=c3ccccc3=C2C=C1. The van der Waals surface area contributed by atoms with E-state index in [1.54, 1.807) is 0 Å². The zero-order valence-corrected chi connectivity index (χ0v) is 9.16. The molecule has 0 saturated carbocycles. The van der Waals surface area contributed by atoms with Gasteiger partial charge in [-0.05, 0) is 22.1 Å². The molecule has 1 heteroatoms. The Morgan fingerprint density at radius 1 is 1.00 bits per heavy atom. The molecule has 0 bridgehead atoms. The highest BCUT2D eigenvalue weighted by molar-refractivity contribution is 9.11. The van der Waals surface area contributed by atoms with Crippen LogP contribution in [0.4, 0.5) is 0 Å². The number of halogens is 1. The monoisotopic (exact) mass is 244 g/mol. The highest BCUT2D eigenvalue weighted by Crippen LogP contribution is 2.27. The van der Waals surface area contributed by atoms with Gasteiger partial charge in [-0.1, -0.05) is 58.4 Å². The molecule has 2 aliphatic carbocycles. The molecule has 1 aromatic rings. The van der Waals surface area contributed by atoms with Crippen molar-refractivity contribution in [3.05, 3.63) is 57.4 Å². The van der Waals surface area contributed by atoms with Crippen LogP contribution in [0.1, 0.15) is 0 Å². The molecule has 0 unspecified atom stereocenters. The first kappa shape index (κ1) is 8.25. The Balaban J connectivity index is 2.36. The molecule has 0 nitrogen and oxygen atoms in total. The third-order valence-electron chi connectivity index (χ3n) is 2.75. The van der Waals surface area contributed by atoms with Crippen molar-refractivity contribution in [2.45, 2.75) is 0 Å². The van der Waals surface area contributed by atoms with Crippen molar-refractivity contribution in [3.8, 4) is 0 Å². The maximum absolute atomic E-state index is 3.51. The zero-order valence-electron chi connectivity index (χ0n) is 7.57. The molecule has 0 aromatic heterocycles. The Labute approximate surface area is 91.1 Å². The molecule has 0 aliphatic heterocycles. The summed E-state index contributed by atoms with van der Waals surface area (Å²) in [6.07, 6.45) is 8.88. The first-order valence-electron chi connectivity index (χ1n) is 4.71. The fraction of sp³-hybridized carbons (Fsp3) is 0.0769. The molecular formula is C13H9Br. The van der Waals surface area contributed by atoms with Crippen molar-refractivity contribution in [2.75, 3.05) is 0 Å². The Hall–Kier alpha value is -1.08. The van der Waals surface area contributed by atoms with Crippen molar-refractivity contribution in [2.24, 2.45) is 5.92 Å². The van der Waals surface area contributed by atoms with Crippen LogP contribution in [-0.4, -0.2) is 0 Å². The summed E-state index contributed by atoms with van der Waals surface area (Å²) in [5, 5.41) is 2.74. The summed E-state index contributed by atoms with van der Waals surface area (Å²) in [4.78, 5) is 0. The molecule has 0 amide bonds. The topological polar surface area (TPSA) is 0 Å². The standard InChI is InChI=1S/C13H9Br/c14-11-5-6-13-10(8-11)7-9-3-1-2-4-12(9)13/h1-8,10H/t10-/m1/s1.